The van der Waals surface area contributed by atoms with Crippen LogP contribution in [0.1, 0.15) is 30.9 Å². The summed E-state index contributed by atoms with van der Waals surface area (Å²) in [4.78, 5) is 12.6. The average molecular weight is 273 g/mol. The fourth-order valence-corrected chi connectivity index (χ4v) is 2.60. The van der Waals surface area contributed by atoms with Crippen molar-refractivity contribution in [2.45, 2.75) is 31.3 Å². The largest absolute Gasteiger partial charge is 0.480 e. The maximum Gasteiger partial charge on any atom is 0.320 e. The number of benzene rings is 1. The van der Waals surface area contributed by atoms with E-state index in [1.54, 1.807) is 11.9 Å². The molecule has 0 aliphatic carbocycles. The molecule has 2 rings (SSSR count). The van der Waals surface area contributed by atoms with Crippen molar-refractivity contribution in [3.05, 3.63) is 35.1 Å². The molecule has 1 saturated heterocycles. The van der Waals surface area contributed by atoms with Gasteiger partial charge in [-0.2, -0.15) is 0 Å². The number of carboxylic acid groups (broad SMARTS) is 1. The summed E-state index contributed by atoms with van der Waals surface area (Å²) in [5.74, 6) is -4.96. The summed E-state index contributed by atoms with van der Waals surface area (Å²) < 4.78 is 39.4. The van der Waals surface area contributed by atoms with E-state index in [9.17, 15) is 18.0 Å². The van der Waals surface area contributed by atoms with Crippen molar-refractivity contribution < 1.29 is 23.1 Å². The van der Waals surface area contributed by atoms with Crippen molar-refractivity contribution in [1.82, 2.24) is 4.90 Å². The van der Waals surface area contributed by atoms with Gasteiger partial charge >= 0.3 is 5.97 Å². The molecular weight excluding hydrogens is 259 g/mol. The van der Waals surface area contributed by atoms with Crippen LogP contribution in [0.25, 0.3) is 0 Å². The zero-order valence-corrected chi connectivity index (χ0v) is 10.4. The number of hydrogen-bond donors (Lipinski definition) is 1. The van der Waals surface area contributed by atoms with Crippen LogP contribution in [0.5, 0.6) is 0 Å². The minimum atomic E-state index is -1.50. The van der Waals surface area contributed by atoms with E-state index in [1.165, 1.54) is 0 Å². The predicted octanol–water partition coefficient (Wildman–Crippen LogP) is 2.71. The molecule has 6 heteroatoms. The lowest BCUT2D eigenvalue weighted by Gasteiger charge is -2.37. The van der Waals surface area contributed by atoms with Gasteiger partial charge in [-0.25, -0.2) is 13.2 Å². The van der Waals surface area contributed by atoms with Crippen molar-refractivity contribution in [3.8, 4) is 0 Å². The molecule has 0 radical (unpaired) electrons. The lowest BCUT2D eigenvalue weighted by molar-refractivity contribution is -0.145. The maximum absolute atomic E-state index is 13.2. The van der Waals surface area contributed by atoms with Crippen LogP contribution in [-0.2, 0) is 4.79 Å². The predicted molar refractivity (Wildman–Crippen MR) is 62.1 cm³/mol. The highest BCUT2D eigenvalue weighted by atomic mass is 19.2. The van der Waals surface area contributed by atoms with Crippen LogP contribution in [0.4, 0.5) is 13.2 Å². The Morgan fingerprint density at radius 2 is 1.84 bits per heavy atom. The highest BCUT2D eigenvalue weighted by Crippen LogP contribution is 2.34. The Bertz CT molecular complexity index is 484. The van der Waals surface area contributed by atoms with E-state index in [0.29, 0.717) is 19.3 Å². The van der Waals surface area contributed by atoms with Gasteiger partial charge in [0.2, 0.25) is 0 Å². The van der Waals surface area contributed by atoms with Gasteiger partial charge in [0, 0.05) is 6.04 Å². The molecule has 1 heterocycles. The minimum absolute atomic E-state index is 0.268. The minimum Gasteiger partial charge on any atom is -0.480 e. The van der Waals surface area contributed by atoms with Gasteiger partial charge in [-0.1, -0.05) is 0 Å². The molecule has 1 N–H and O–H groups in total. The van der Waals surface area contributed by atoms with Gasteiger partial charge in [-0.3, -0.25) is 9.69 Å². The molecule has 0 unspecified atom stereocenters. The molecule has 1 aliphatic heterocycles. The first-order chi connectivity index (χ1) is 8.91. The fourth-order valence-electron chi connectivity index (χ4n) is 2.60. The summed E-state index contributed by atoms with van der Waals surface area (Å²) in [5.41, 5.74) is 0.268. The summed E-state index contributed by atoms with van der Waals surface area (Å²) in [6.45, 7) is 0. The summed E-state index contributed by atoms with van der Waals surface area (Å²) in [5, 5.41) is 9.08. The number of hydrogen-bond acceptors (Lipinski definition) is 2. The van der Waals surface area contributed by atoms with Gasteiger partial charge in [0.05, 0.1) is 0 Å². The number of halogens is 3. The Morgan fingerprint density at radius 1 is 1.26 bits per heavy atom. The average Bonchev–Trinajstić information content (AvgIpc) is 2.35. The van der Waals surface area contributed by atoms with Crippen LogP contribution >= 0.6 is 0 Å². The Balaban J connectivity index is 2.33. The van der Waals surface area contributed by atoms with Crippen molar-refractivity contribution in [2.24, 2.45) is 0 Å². The summed E-state index contributed by atoms with van der Waals surface area (Å²) >= 11 is 0. The number of likely N-dealkylation sites (N-methyl/N-ethyl adjacent to an activating group) is 1. The highest BCUT2D eigenvalue weighted by molar-refractivity contribution is 5.73. The van der Waals surface area contributed by atoms with Crippen molar-refractivity contribution in [2.75, 3.05) is 7.05 Å². The fraction of sp³-hybridized carbons (Fsp3) is 0.462. The van der Waals surface area contributed by atoms with E-state index in [1.807, 2.05) is 0 Å². The molecule has 2 atom stereocenters. The van der Waals surface area contributed by atoms with Gasteiger partial charge in [0.25, 0.3) is 0 Å². The van der Waals surface area contributed by atoms with Crippen molar-refractivity contribution in [3.63, 3.8) is 0 Å². The Kier molecular flexibility index (Phi) is 3.80. The van der Waals surface area contributed by atoms with E-state index in [2.05, 4.69) is 0 Å². The number of aliphatic carboxylic acids is 1. The Morgan fingerprint density at radius 3 is 2.37 bits per heavy atom. The van der Waals surface area contributed by atoms with Gasteiger partial charge in [0.1, 0.15) is 6.04 Å². The zero-order valence-electron chi connectivity index (χ0n) is 10.4. The molecule has 0 bridgehead atoms. The third kappa shape index (κ3) is 2.58. The van der Waals surface area contributed by atoms with E-state index in [-0.39, 0.29) is 5.56 Å². The number of carboxylic acids is 1. The Labute approximate surface area is 108 Å². The van der Waals surface area contributed by atoms with Crippen LogP contribution in [0.2, 0.25) is 0 Å². The molecule has 1 aliphatic rings. The van der Waals surface area contributed by atoms with E-state index in [0.717, 1.165) is 12.1 Å². The molecular formula is C13H14F3NO2. The molecule has 1 fully saturated rings. The molecule has 3 nitrogen and oxygen atoms in total. The summed E-state index contributed by atoms with van der Waals surface area (Å²) in [7, 11) is 1.60. The molecule has 104 valence electrons. The zero-order chi connectivity index (χ0) is 14.2. The van der Waals surface area contributed by atoms with Crippen LogP contribution in [0, 0.1) is 17.5 Å². The van der Waals surface area contributed by atoms with Crippen LogP contribution in [0.15, 0.2) is 12.1 Å². The second-order valence-electron chi connectivity index (χ2n) is 4.76. The van der Waals surface area contributed by atoms with Crippen LogP contribution in [0.3, 0.4) is 0 Å². The first kappa shape index (κ1) is 13.9. The smallest absolute Gasteiger partial charge is 0.320 e. The first-order valence-corrected chi connectivity index (χ1v) is 6.01. The molecule has 19 heavy (non-hydrogen) atoms. The maximum atomic E-state index is 13.2. The molecule has 1 aromatic rings. The molecule has 0 spiro atoms. The topological polar surface area (TPSA) is 40.5 Å². The van der Waals surface area contributed by atoms with Gasteiger partial charge < -0.3 is 5.11 Å². The Hall–Kier alpha value is -1.56. The molecule has 0 amide bonds. The number of carbonyl (C=O) groups is 1. The SMILES string of the molecule is CN1[C@@H](C(=O)O)CCC[C@H]1c1cc(F)c(F)c(F)c1. The highest BCUT2D eigenvalue weighted by Gasteiger charge is 2.33. The molecule has 1 aromatic carbocycles. The number of nitrogens with zero attached hydrogens (tertiary/aromatic N) is 1. The monoisotopic (exact) mass is 273 g/mol. The molecule has 0 saturated carbocycles. The number of likely N-dealkylation sites (tertiary alicyclic amines) is 1. The standard InChI is InChI=1S/C13H14F3NO2/c1-17-10(3-2-4-11(17)13(18)19)7-5-8(14)12(16)9(15)6-7/h5-6,10-11H,2-4H2,1H3,(H,18,19)/t10-,11+/m0/s1. The summed E-state index contributed by atoms with van der Waals surface area (Å²) in [6.07, 6.45) is 1.73. The van der Waals surface area contributed by atoms with Crippen LogP contribution < -0.4 is 0 Å². The van der Waals surface area contributed by atoms with Gasteiger partial charge in [-0.05, 0) is 44.0 Å². The number of piperidine rings is 1. The van der Waals surface area contributed by atoms with Crippen LogP contribution in [-0.4, -0.2) is 29.1 Å². The normalized spacial score (nSPS) is 24.4. The lowest BCUT2D eigenvalue weighted by Crippen LogP contribution is -2.43. The second kappa shape index (κ2) is 5.21. The second-order valence-corrected chi connectivity index (χ2v) is 4.76. The van der Waals surface area contributed by atoms with Gasteiger partial charge in [-0.15, -0.1) is 0 Å². The van der Waals surface area contributed by atoms with E-state index >= 15 is 0 Å². The third-order valence-corrected chi connectivity index (χ3v) is 3.61. The van der Waals surface area contributed by atoms with Crippen molar-refractivity contribution in [1.29, 1.82) is 0 Å². The quantitative estimate of drug-likeness (QED) is 0.842. The lowest BCUT2D eigenvalue weighted by atomic mass is 9.91. The number of rotatable bonds is 2. The molecule has 0 aromatic heterocycles. The van der Waals surface area contributed by atoms with E-state index in [4.69, 9.17) is 5.11 Å². The van der Waals surface area contributed by atoms with Crippen molar-refractivity contribution >= 4 is 5.97 Å². The first-order valence-electron chi connectivity index (χ1n) is 6.01. The van der Waals surface area contributed by atoms with Gasteiger partial charge in [0.15, 0.2) is 17.5 Å². The third-order valence-electron chi connectivity index (χ3n) is 3.61. The van der Waals surface area contributed by atoms with E-state index < -0.39 is 35.5 Å². The summed E-state index contributed by atoms with van der Waals surface area (Å²) in [6, 6.07) is 0.766.